The molecule has 0 aromatic heterocycles. The SMILES string of the molecule is CN1CCCCC1CC(=O)NC1CCCC(CC(C)(C)C)C1. The number of hydrogen-bond donors (Lipinski definition) is 1. The molecule has 2 rings (SSSR count). The van der Waals surface area contributed by atoms with Gasteiger partial charge in [0.05, 0.1) is 0 Å². The molecule has 2 aliphatic rings. The van der Waals surface area contributed by atoms with Gasteiger partial charge in [-0.15, -0.1) is 0 Å². The maximum absolute atomic E-state index is 12.4. The van der Waals surface area contributed by atoms with Crippen LogP contribution >= 0.6 is 0 Å². The molecule has 1 aliphatic heterocycles. The number of likely N-dealkylation sites (tertiary alicyclic amines) is 1. The van der Waals surface area contributed by atoms with Crippen LogP contribution in [0.2, 0.25) is 0 Å². The maximum atomic E-state index is 12.4. The summed E-state index contributed by atoms with van der Waals surface area (Å²) in [6, 6.07) is 0.880. The van der Waals surface area contributed by atoms with Gasteiger partial charge in [0.25, 0.3) is 0 Å². The number of nitrogens with zero attached hydrogens (tertiary/aromatic N) is 1. The molecule has 1 aliphatic carbocycles. The standard InChI is InChI=1S/C19H36N2O/c1-19(2,3)14-15-8-7-9-16(12-15)20-18(22)13-17-10-5-6-11-21(17)4/h15-17H,5-14H2,1-4H3,(H,20,22). The molecule has 0 aromatic carbocycles. The number of amides is 1. The van der Waals surface area contributed by atoms with Crippen molar-refractivity contribution in [2.75, 3.05) is 13.6 Å². The first-order chi connectivity index (χ1) is 10.3. The van der Waals surface area contributed by atoms with Crippen LogP contribution in [-0.2, 0) is 4.79 Å². The first kappa shape index (κ1) is 17.8. The Bertz CT molecular complexity index is 361. The van der Waals surface area contributed by atoms with Gasteiger partial charge in [0, 0.05) is 18.5 Å². The number of nitrogens with one attached hydrogen (secondary N) is 1. The summed E-state index contributed by atoms with van der Waals surface area (Å²) >= 11 is 0. The largest absolute Gasteiger partial charge is 0.353 e. The van der Waals surface area contributed by atoms with E-state index in [4.69, 9.17) is 0 Å². The van der Waals surface area contributed by atoms with Crippen molar-refractivity contribution >= 4 is 5.91 Å². The van der Waals surface area contributed by atoms with Crippen molar-refractivity contribution in [1.82, 2.24) is 10.2 Å². The normalized spacial score (nSPS) is 31.0. The second kappa shape index (κ2) is 7.81. The van der Waals surface area contributed by atoms with Crippen molar-refractivity contribution in [1.29, 1.82) is 0 Å². The number of rotatable bonds is 4. The van der Waals surface area contributed by atoms with Crippen LogP contribution in [-0.4, -0.2) is 36.5 Å². The molecule has 0 spiro atoms. The summed E-state index contributed by atoms with van der Waals surface area (Å²) in [5.41, 5.74) is 0.404. The highest BCUT2D eigenvalue weighted by Gasteiger charge is 2.28. The van der Waals surface area contributed by atoms with E-state index in [-0.39, 0.29) is 5.91 Å². The van der Waals surface area contributed by atoms with E-state index in [0.717, 1.165) is 12.5 Å². The molecule has 1 saturated heterocycles. The van der Waals surface area contributed by atoms with Crippen LogP contribution in [0.1, 0.15) is 78.6 Å². The van der Waals surface area contributed by atoms with E-state index in [1.165, 1.54) is 51.4 Å². The Morgan fingerprint density at radius 3 is 2.59 bits per heavy atom. The molecule has 22 heavy (non-hydrogen) atoms. The molecular formula is C19H36N2O. The summed E-state index contributed by atoms with van der Waals surface area (Å²) in [5, 5.41) is 3.34. The van der Waals surface area contributed by atoms with Gasteiger partial charge in [0.2, 0.25) is 5.91 Å². The molecule has 128 valence electrons. The number of carbonyl (C=O) groups is 1. The van der Waals surface area contributed by atoms with Gasteiger partial charge in [0.15, 0.2) is 0 Å². The van der Waals surface area contributed by atoms with Crippen LogP contribution in [0.4, 0.5) is 0 Å². The van der Waals surface area contributed by atoms with E-state index < -0.39 is 0 Å². The van der Waals surface area contributed by atoms with Gasteiger partial charge in [-0.25, -0.2) is 0 Å². The second-order valence-corrected chi connectivity index (χ2v) is 8.90. The number of carbonyl (C=O) groups excluding carboxylic acids is 1. The molecule has 0 radical (unpaired) electrons. The highest BCUT2D eigenvalue weighted by atomic mass is 16.1. The Kier molecular flexibility index (Phi) is 6.31. The van der Waals surface area contributed by atoms with Crippen LogP contribution < -0.4 is 5.32 Å². The minimum absolute atomic E-state index is 0.278. The van der Waals surface area contributed by atoms with Crippen LogP contribution in [0.15, 0.2) is 0 Å². The third kappa shape index (κ3) is 5.91. The lowest BCUT2D eigenvalue weighted by atomic mass is 9.76. The zero-order valence-corrected chi connectivity index (χ0v) is 15.2. The minimum Gasteiger partial charge on any atom is -0.353 e. The lowest BCUT2D eigenvalue weighted by molar-refractivity contribution is -0.123. The Balaban J connectivity index is 1.76. The molecule has 1 N–H and O–H groups in total. The molecule has 1 saturated carbocycles. The van der Waals surface area contributed by atoms with E-state index >= 15 is 0 Å². The monoisotopic (exact) mass is 308 g/mol. The summed E-state index contributed by atoms with van der Waals surface area (Å²) in [7, 11) is 2.16. The van der Waals surface area contributed by atoms with E-state index in [0.29, 0.717) is 23.9 Å². The molecule has 3 atom stereocenters. The highest BCUT2D eigenvalue weighted by molar-refractivity contribution is 5.76. The Morgan fingerprint density at radius 2 is 1.91 bits per heavy atom. The minimum atomic E-state index is 0.278. The van der Waals surface area contributed by atoms with Gasteiger partial charge < -0.3 is 10.2 Å². The summed E-state index contributed by atoms with van der Waals surface area (Å²) in [4.78, 5) is 14.7. The number of hydrogen-bond acceptors (Lipinski definition) is 2. The first-order valence-electron chi connectivity index (χ1n) is 9.33. The van der Waals surface area contributed by atoms with Crippen LogP contribution in [0, 0.1) is 11.3 Å². The second-order valence-electron chi connectivity index (χ2n) is 8.90. The molecule has 1 amide bonds. The molecule has 0 aromatic rings. The third-order valence-electron chi connectivity index (χ3n) is 5.39. The average Bonchev–Trinajstić information content (AvgIpc) is 2.40. The zero-order chi connectivity index (χ0) is 16.2. The van der Waals surface area contributed by atoms with Crippen LogP contribution in [0.3, 0.4) is 0 Å². The van der Waals surface area contributed by atoms with Gasteiger partial charge >= 0.3 is 0 Å². The van der Waals surface area contributed by atoms with E-state index in [1.54, 1.807) is 0 Å². The summed E-state index contributed by atoms with van der Waals surface area (Å²) in [6.45, 7) is 8.13. The average molecular weight is 309 g/mol. The van der Waals surface area contributed by atoms with Crippen LogP contribution in [0.25, 0.3) is 0 Å². The Hall–Kier alpha value is -0.570. The van der Waals surface area contributed by atoms with Crippen LogP contribution in [0.5, 0.6) is 0 Å². The van der Waals surface area contributed by atoms with E-state index in [9.17, 15) is 4.79 Å². The maximum Gasteiger partial charge on any atom is 0.221 e. The molecular weight excluding hydrogens is 272 g/mol. The fourth-order valence-electron chi connectivity index (χ4n) is 4.38. The van der Waals surface area contributed by atoms with Crippen molar-refractivity contribution in [2.24, 2.45) is 11.3 Å². The highest BCUT2D eigenvalue weighted by Crippen LogP contribution is 2.34. The summed E-state index contributed by atoms with van der Waals surface area (Å²) in [6.07, 6.45) is 10.7. The van der Waals surface area contributed by atoms with Crippen molar-refractivity contribution in [3.8, 4) is 0 Å². The lowest BCUT2D eigenvalue weighted by Gasteiger charge is -2.35. The smallest absolute Gasteiger partial charge is 0.221 e. The molecule has 2 fully saturated rings. The fraction of sp³-hybridized carbons (Fsp3) is 0.947. The van der Waals surface area contributed by atoms with Crippen molar-refractivity contribution in [2.45, 2.75) is 90.6 Å². The quantitative estimate of drug-likeness (QED) is 0.852. The predicted octanol–water partition coefficient (Wildman–Crippen LogP) is 3.97. The molecule has 1 heterocycles. The zero-order valence-electron chi connectivity index (χ0n) is 15.2. The Labute approximate surface area is 137 Å². The molecule has 3 unspecified atom stereocenters. The molecule has 3 heteroatoms. The van der Waals surface area contributed by atoms with Crippen molar-refractivity contribution in [3.05, 3.63) is 0 Å². The van der Waals surface area contributed by atoms with Gasteiger partial charge in [-0.3, -0.25) is 4.79 Å². The van der Waals surface area contributed by atoms with E-state index in [2.05, 4.69) is 38.0 Å². The van der Waals surface area contributed by atoms with Gasteiger partial charge in [0.1, 0.15) is 0 Å². The molecule has 0 bridgehead atoms. The summed E-state index contributed by atoms with van der Waals surface area (Å²) < 4.78 is 0. The topological polar surface area (TPSA) is 32.3 Å². The fourth-order valence-corrected chi connectivity index (χ4v) is 4.38. The Morgan fingerprint density at radius 1 is 1.14 bits per heavy atom. The lowest BCUT2D eigenvalue weighted by Crippen LogP contribution is -2.44. The van der Waals surface area contributed by atoms with Gasteiger partial charge in [-0.2, -0.15) is 0 Å². The summed E-state index contributed by atoms with van der Waals surface area (Å²) in [5.74, 6) is 1.07. The van der Waals surface area contributed by atoms with Gasteiger partial charge in [-0.1, -0.05) is 40.0 Å². The third-order valence-corrected chi connectivity index (χ3v) is 5.39. The number of piperidine rings is 1. The predicted molar refractivity (Wildman–Crippen MR) is 92.8 cm³/mol. The molecule has 3 nitrogen and oxygen atoms in total. The van der Waals surface area contributed by atoms with Gasteiger partial charge in [-0.05, 0) is 57.0 Å². The first-order valence-corrected chi connectivity index (χ1v) is 9.33. The van der Waals surface area contributed by atoms with Crippen molar-refractivity contribution < 1.29 is 4.79 Å². The van der Waals surface area contributed by atoms with Crippen molar-refractivity contribution in [3.63, 3.8) is 0 Å². The van der Waals surface area contributed by atoms with E-state index in [1.807, 2.05) is 0 Å².